The predicted octanol–water partition coefficient (Wildman–Crippen LogP) is 7.25. The highest BCUT2D eigenvalue weighted by atomic mass is 35.5. The zero-order valence-electron chi connectivity index (χ0n) is 15.7. The summed E-state index contributed by atoms with van der Waals surface area (Å²) in [5.41, 5.74) is 11.9. The summed E-state index contributed by atoms with van der Waals surface area (Å²) in [7, 11) is 0. The molecule has 1 spiro atoms. The molecule has 0 aliphatic heterocycles. The van der Waals surface area contributed by atoms with E-state index in [2.05, 4.69) is 85.8 Å². The monoisotopic (exact) mass is 378 g/mol. The van der Waals surface area contributed by atoms with Crippen LogP contribution < -0.4 is 0 Å². The lowest BCUT2D eigenvalue weighted by atomic mass is 9.70. The molecular weight excluding hydrogens is 360 g/mol. The second-order valence-corrected chi connectivity index (χ2v) is 8.20. The van der Waals surface area contributed by atoms with E-state index in [0.29, 0.717) is 0 Å². The van der Waals surface area contributed by atoms with Gasteiger partial charge in [0.25, 0.3) is 0 Å². The first-order chi connectivity index (χ1) is 13.7. The van der Waals surface area contributed by atoms with Gasteiger partial charge in [0.15, 0.2) is 0 Å². The van der Waals surface area contributed by atoms with E-state index < -0.39 is 0 Å². The molecule has 1 heteroatoms. The van der Waals surface area contributed by atoms with E-state index in [9.17, 15) is 0 Å². The molecule has 4 aromatic carbocycles. The highest BCUT2D eigenvalue weighted by Crippen LogP contribution is 2.62. The van der Waals surface area contributed by atoms with Crippen LogP contribution in [0.4, 0.5) is 0 Å². The van der Waals surface area contributed by atoms with Gasteiger partial charge in [-0.2, -0.15) is 0 Å². The fourth-order valence-electron chi connectivity index (χ4n) is 5.39. The first kappa shape index (κ1) is 16.2. The largest absolute Gasteiger partial charge is 0.0843 e. The van der Waals surface area contributed by atoms with Crippen LogP contribution in [0, 0.1) is 0 Å². The Balaban J connectivity index is 1.83. The zero-order valence-corrected chi connectivity index (χ0v) is 16.4. The summed E-state index contributed by atoms with van der Waals surface area (Å²) in [6, 6.07) is 31.2. The summed E-state index contributed by atoms with van der Waals surface area (Å²) >= 11 is 6.42. The Morgan fingerprint density at radius 3 is 1.79 bits per heavy atom. The van der Waals surface area contributed by atoms with Gasteiger partial charge in [0.1, 0.15) is 0 Å². The van der Waals surface area contributed by atoms with Crippen molar-refractivity contribution in [1.29, 1.82) is 0 Å². The topological polar surface area (TPSA) is 0 Å². The van der Waals surface area contributed by atoms with Crippen molar-refractivity contribution >= 4 is 11.6 Å². The molecule has 0 amide bonds. The minimum absolute atomic E-state index is 0.255. The van der Waals surface area contributed by atoms with Crippen molar-refractivity contribution in [3.63, 3.8) is 0 Å². The fourth-order valence-corrected chi connectivity index (χ4v) is 5.56. The second-order valence-electron chi connectivity index (χ2n) is 7.76. The summed E-state index contributed by atoms with van der Waals surface area (Å²) in [6.07, 6.45) is 1.05. The van der Waals surface area contributed by atoms with Crippen molar-refractivity contribution in [2.24, 2.45) is 0 Å². The molecule has 0 nitrogen and oxygen atoms in total. The normalized spacial score (nSPS) is 17.9. The highest BCUT2D eigenvalue weighted by Gasteiger charge is 2.51. The van der Waals surface area contributed by atoms with E-state index in [1.807, 2.05) is 6.07 Å². The first-order valence-electron chi connectivity index (χ1n) is 9.88. The summed E-state index contributed by atoms with van der Waals surface area (Å²) in [6.45, 7) is 2.22. The van der Waals surface area contributed by atoms with Gasteiger partial charge in [-0.15, -0.1) is 0 Å². The van der Waals surface area contributed by atoms with Gasteiger partial charge in [0.05, 0.1) is 5.41 Å². The van der Waals surface area contributed by atoms with Crippen molar-refractivity contribution in [1.82, 2.24) is 0 Å². The van der Waals surface area contributed by atoms with Crippen molar-refractivity contribution in [2.75, 3.05) is 0 Å². The van der Waals surface area contributed by atoms with Gasteiger partial charge in [0.2, 0.25) is 0 Å². The minimum atomic E-state index is -0.255. The van der Waals surface area contributed by atoms with E-state index in [4.69, 9.17) is 11.6 Å². The number of aryl methyl sites for hydroxylation is 1. The molecule has 2 aliphatic rings. The van der Waals surface area contributed by atoms with Crippen LogP contribution in [0.2, 0.25) is 5.02 Å². The summed E-state index contributed by atoms with van der Waals surface area (Å²) in [4.78, 5) is 0. The fraction of sp³-hybridized carbons (Fsp3) is 0.111. The van der Waals surface area contributed by atoms with Crippen LogP contribution in [0.15, 0.2) is 84.9 Å². The molecule has 0 fully saturated rings. The maximum Gasteiger partial charge on any atom is 0.0725 e. The molecule has 0 bridgehead atoms. The van der Waals surface area contributed by atoms with Gasteiger partial charge in [0, 0.05) is 5.02 Å². The molecule has 1 atom stereocenters. The van der Waals surface area contributed by atoms with Crippen LogP contribution in [0.25, 0.3) is 22.3 Å². The molecule has 134 valence electrons. The Labute approximate surface area is 170 Å². The Hall–Kier alpha value is -2.83. The van der Waals surface area contributed by atoms with Crippen LogP contribution in [0.5, 0.6) is 0 Å². The first-order valence-corrected chi connectivity index (χ1v) is 10.3. The Morgan fingerprint density at radius 2 is 1.14 bits per heavy atom. The summed E-state index contributed by atoms with van der Waals surface area (Å²) in [5.74, 6) is 0. The van der Waals surface area contributed by atoms with Gasteiger partial charge >= 0.3 is 0 Å². The van der Waals surface area contributed by atoms with Crippen molar-refractivity contribution in [2.45, 2.75) is 18.8 Å². The van der Waals surface area contributed by atoms with Crippen molar-refractivity contribution in [3.05, 3.63) is 118 Å². The molecule has 0 heterocycles. The lowest BCUT2D eigenvalue weighted by molar-refractivity contribution is 0.793. The lowest BCUT2D eigenvalue weighted by Crippen LogP contribution is -2.25. The molecule has 0 saturated heterocycles. The number of benzene rings is 4. The molecule has 6 rings (SSSR count). The summed E-state index contributed by atoms with van der Waals surface area (Å²) < 4.78 is 0. The summed E-state index contributed by atoms with van der Waals surface area (Å²) in [5, 5.41) is 0.790. The van der Waals surface area contributed by atoms with E-state index in [1.54, 1.807) is 0 Å². The molecule has 4 aromatic rings. The number of hydrogen-bond acceptors (Lipinski definition) is 0. The van der Waals surface area contributed by atoms with Gasteiger partial charge in [-0.05, 0) is 68.6 Å². The molecule has 0 saturated carbocycles. The van der Waals surface area contributed by atoms with E-state index in [-0.39, 0.29) is 5.41 Å². The molecule has 1 unspecified atom stereocenters. The van der Waals surface area contributed by atoms with Crippen LogP contribution in [0.1, 0.15) is 34.7 Å². The van der Waals surface area contributed by atoms with Crippen molar-refractivity contribution < 1.29 is 0 Å². The van der Waals surface area contributed by atoms with Crippen LogP contribution >= 0.6 is 11.6 Å². The zero-order chi connectivity index (χ0) is 18.9. The average Bonchev–Trinajstić information content (AvgIpc) is 3.20. The lowest BCUT2D eigenvalue weighted by Gasteiger charge is -2.30. The quantitative estimate of drug-likeness (QED) is 0.282. The number of fused-ring (bicyclic) bond motifs is 10. The highest BCUT2D eigenvalue weighted by molar-refractivity contribution is 6.31. The standard InChI is InChI=1S/C27H19Cl/c1-2-17-11-13-25-21(15-17)19-7-3-5-9-23(19)27(25)24-10-6-4-8-20(24)22-16-18(28)12-14-26(22)27/h3-16H,2H2,1H3. The van der Waals surface area contributed by atoms with Gasteiger partial charge in [-0.1, -0.05) is 91.3 Å². The molecular formula is C27H19Cl. The number of rotatable bonds is 1. The Morgan fingerprint density at radius 1 is 0.607 bits per heavy atom. The molecule has 0 N–H and O–H groups in total. The van der Waals surface area contributed by atoms with Gasteiger partial charge in [-0.3, -0.25) is 0 Å². The Bertz CT molecular complexity index is 1270. The molecule has 0 radical (unpaired) electrons. The third-order valence-electron chi connectivity index (χ3n) is 6.52. The average molecular weight is 379 g/mol. The maximum atomic E-state index is 6.42. The second kappa shape index (κ2) is 5.59. The molecule has 2 aliphatic carbocycles. The van der Waals surface area contributed by atoms with Crippen molar-refractivity contribution in [3.8, 4) is 22.3 Å². The van der Waals surface area contributed by atoms with Crippen LogP contribution in [0.3, 0.4) is 0 Å². The Kier molecular flexibility index (Phi) is 3.23. The minimum Gasteiger partial charge on any atom is -0.0843 e. The third-order valence-corrected chi connectivity index (χ3v) is 6.76. The molecule has 0 aromatic heterocycles. The predicted molar refractivity (Wildman–Crippen MR) is 117 cm³/mol. The van der Waals surface area contributed by atoms with E-state index in [1.165, 1.54) is 50.1 Å². The van der Waals surface area contributed by atoms with Crippen LogP contribution in [-0.2, 0) is 11.8 Å². The smallest absolute Gasteiger partial charge is 0.0725 e. The maximum absolute atomic E-state index is 6.42. The third kappa shape index (κ3) is 1.82. The van der Waals surface area contributed by atoms with E-state index in [0.717, 1.165) is 11.4 Å². The SMILES string of the molecule is CCc1ccc2c(c1)-c1ccccc1C21c2ccccc2-c2cc(Cl)ccc21. The number of hydrogen-bond donors (Lipinski definition) is 0. The van der Waals surface area contributed by atoms with E-state index >= 15 is 0 Å². The van der Waals surface area contributed by atoms with Crippen LogP contribution in [-0.4, -0.2) is 0 Å². The number of halogens is 1. The van der Waals surface area contributed by atoms with Gasteiger partial charge in [-0.25, -0.2) is 0 Å². The van der Waals surface area contributed by atoms with Gasteiger partial charge < -0.3 is 0 Å². The molecule has 28 heavy (non-hydrogen) atoms.